The fraction of sp³-hybridized carbons (Fsp3) is 0.118. The Labute approximate surface area is 160 Å². The zero-order valence-electron chi connectivity index (χ0n) is 13.8. The molecule has 9 heteroatoms. The minimum Gasteiger partial charge on any atom is -0.351 e. The fourth-order valence-corrected chi connectivity index (χ4v) is 2.45. The number of likely N-dealkylation sites (N-methyl/N-ethyl adjacent to an activating group) is 1. The van der Waals surface area contributed by atoms with Crippen LogP contribution in [0.1, 0.15) is 10.4 Å². The number of halogens is 2. The van der Waals surface area contributed by atoms with Gasteiger partial charge in [0.2, 0.25) is 5.91 Å². The molecule has 2 aromatic rings. The van der Waals surface area contributed by atoms with Crippen LogP contribution in [0.3, 0.4) is 0 Å². The molecule has 0 saturated heterocycles. The maximum Gasteiger partial charge on any atom is 0.316 e. The van der Waals surface area contributed by atoms with Gasteiger partial charge >= 0.3 is 6.03 Å². The van der Waals surface area contributed by atoms with Gasteiger partial charge in [0, 0.05) is 24.0 Å². The van der Waals surface area contributed by atoms with Crippen LogP contribution in [0.4, 0.5) is 16.2 Å². The van der Waals surface area contributed by atoms with E-state index in [1.165, 1.54) is 24.1 Å². The van der Waals surface area contributed by atoms with Crippen molar-refractivity contribution < 1.29 is 14.4 Å². The number of anilines is 2. The highest BCUT2D eigenvalue weighted by molar-refractivity contribution is 6.42. The molecule has 0 saturated carbocycles. The summed E-state index contributed by atoms with van der Waals surface area (Å²) < 4.78 is 0. The molecule has 0 aliphatic heterocycles. The van der Waals surface area contributed by atoms with Gasteiger partial charge in [-0.15, -0.1) is 0 Å². The Hall–Kier alpha value is -2.77. The van der Waals surface area contributed by atoms with Crippen LogP contribution < -0.4 is 16.4 Å². The summed E-state index contributed by atoms with van der Waals surface area (Å²) in [6.45, 7) is -0.174. The van der Waals surface area contributed by atoms with E-state index in [0.717, 1.165) is 0 Å². The highest BCUT2D eigenvalue weighted by Gasteiger charge is 2.16. The molecule has 136 valence electrons. The lowest BCUT2D eigenvalue weighted by atomic mass is 10.1. The van der Waals surface area contributed by atoms with Gasteiger partial charge in [-0.25, -0.2) is 4.79 Å². The van der Waals surface area contributed by atoms with Gasteiger partial charge in [-0.3, -0.25) is 9.59 Å². The second kappa shape index (κ2) is 8.55. The molecule has 0 fully saturated rings. The monoisotopic (exact) mass is 394 g/mol. The lowest BCUT2D eigenvalue weighted by Crippen LogP contribution is -2.35. The van der Waals surface area contributed by atoms with Gasteiger partial charge in [0.15, 0.2) is 0 Å². The lowest BCUT2D eigenvalue weighted by molar-refractivity contribution is -0.116. The van der Waals surface area contributed by atoms with E-state index in [1.807, 2.05) is 0 Å². The molecule has 0 heterocycles. The predicted molar refractivity (Wildman–Crippen MR) is 102 cm³/mol. The average Bonchev–Trinajstić information content (AvgIpc) is 2.57. The van der Waals surface area contributed by atoms with Crippen LogP contribution in [0, 0.1) is 0 Å². The van der Waals surface area contributed by atoms with E-state index in [1.54, 1.807) is 30.3 Å². The summed E-state index contributed by atoms with van der Waals surface area (Å²) in [6.07, 6.45) is 0. The first kappa shape index (κ1) is 19.6. The van der Waals surface area contributed by atoms with E-state index >= 15 is 0 Å². The summed E-state index contributed by atoms with van der Waals surface area (Å²) >= 11 is 11.7. The first-order chi connectivity index (χ1) is 12.3. The number of carbonyl (C=O) groups excluding carboxylic acids is 3. The highest BCUT2D eigenvalue weighted by atomic mass is 35.5. The van der Waals surface area contributed by atoms with Crippen LogP contribution in [-0.2, 0) is 4.79 Å². The molecule has 0 aromatic heterocycles. The molecule has 4 N–H and O–H groups in total. The van der Waals surface area contributed by atoms with Crippen LogP contribution in [0.5, 0.6) is 0 Å². The summed E-state index contributed by atoms with van der Waals surface area (Å²) in [6, 6.07) is 10.2. The second-order valence-corrected chi connectivity index (χ2v) is 6.22. The van der Waals surface area contributed by atoms with Crippen LogP contribution in [0.25, 0.3) is 0 Å². The third-order valence-electron chi connectivity index (χ3n) is 3.31. The Kier molecular flexibility index (Phi) is 6.43. The number of rotatable bonds is 5. The number of hydrogen-bond acceptors (Lipinski definition) is 3. The van der Waals surface area contributed by atoms with Gasteiger partial charge in [0.25, 0.3) is 5.91 Å². The Morgan fingerprint density at radius 1 is 1.00 bits per heavy atom. The molecule has 0 bridgehead atoms. The number of carbonyl (C=O) groups is 3. The van der Waals surface area contributed by atoms with Crippen molar-refractivity contribution in [3.8, 4) is 0 Å². The SMILES string of the molecule is CN(CC(=O)Nc1ccc(Cl)c(Cl)c1)C(=O)c1cccc(NC(N)=O)c1. The Balaban J connectivity index is 2.00. The molecule has 2 aromatic carbocycles. The number of nitrogens with two attached hydrogens (primary N) is 1. The number of urea groups is 1. The molecule has 0 radical (unpaired) electrons. The molecule has 0 aliphatic carbocycles. The summed E-state index contributed by atoms with van der Waals surface area (Å²) in [5.74, 6) is -0.784. The topological polar surface area (TPSA) is 105 Å². The first-order valence-electron chi connectivity index (χ1n) is 7.43. The number of amides is 4. The number of hydrogen-bond donors (Lipinski definition) is 3. The molecule has 4 amide bonds. The predicted octanol–water partition coefficient (Wildman–Crippen LogP) is 3.19. The molecular formula is C17H16Cl2N4O3. The zero-order valence-corrected chi connectivity index (χ0v) is 15.3. The van der Waals surface area contributed by atoms with E-state index in [0.29, 0.717) is 27.0 Å². The van der Waals surface area contributed by atoms with Crippen molar-refractivity contribution in [3.05, 3.63) is 58.1 Å². The van der Waals surface area contributed by atoms with Crippen molar-refractivity contribution in [2.75, 3.05) is 24.2 Å². The normalized spacial score (nSPS) is 10.1. The molecule has 0 spiro atoms. The molecule has 0 unspecified atom stereocenters. The zero-order chi connectivity index (χ0) is 19.3. The third kappa shape index (κ3) is 5.37. The van der Waals surface area contributed by atoms with Crippen molar-refractivity contribution in [1.82, 2.24) is 4.90 Å². The molecule has 2 rings (SSSR count). The van der Waals surface area contributed by atoms with E-state index in [2.05, 4.69) is 10.6 Å². The molecule has 0 atom stereocenters. The summed E-state index contributed by atoms with van der Waals surface area (Å²) in [5.41, 5.74) is 6.22. The molecule has 26 heavy (non-hydrogen) atoms. The van der Waals surface area contributed by atoms with E-state index in [-0.39, 0.29) is 12.5 Å². The van der Waals surface area contributed by atoms with Crippen molar-refractivity contribution >= 4 is 52.4 Å². The van der Waals surface area contributed by atoms with E-state index < -0.39 is 11.9 Å². The maximum atomic E-state index is 12.4. The highest BCUT2D eigenvalue weighted by Crippen LogP contribution is 2.25. The molecule has 7 nitrogen and oxygen atoms in total. The second-order valence-electron chi connectivity index (χ2n) is 5.41. The minimum absolute atomic E-state index is 0.174. The van der Waals surface area contributed by atoms with Crippen molar-refractivity contribution in [2.45, 2.75) is 0 Å². The smallest absolute Gasteiger partial charge is 0.316 e. The lowest BCUT2D eigenvalue weighted by Gasteiger charge is -2.17. The van der Waals surface area contributed by atoms with Crippen molar-refractivity contribution in [2.24, 2.45) is 5.73 Å². The van der Waals surface area contributed by atoms with Crippen LogP contribution in [0.15, 0.2) is 42.5 Å². The maximum absolute atomic E-state index is 12.4. The minimum atomic E-state index is -0.732. The quantitative estimate of drug-likeness (QED) is 0.724. The summed E-state index contributed by atoms with van der Waals surface area (Å²) in [5, 5.41) is 5.71. The third-order valence-corrected chi connectivity index (χ3v) is 4.05. The Bertz CT molecular complexity index is 858. The first-order valence-corrected chi connectivity index (χ1v) is 8.18. The van der Waals surface area contributed by atoms with Gasteiger partial charge in [0.1, 0.15) is 0 Å². The number of benzene rings is 2. The van der Waals surface area contributed by atoms with Crippen LogP contribution in [-0.4, -0.2) is 36.3 Å². The van der Waals surface area contributed by atoms with Gasteiger partial charge in [-0.2, -0.15) is 0 Å². The number of nitrogens with zero attached hydrogens (tertiary/aromatic N) is 1. The van der Waals surface area contributed by atoms with Gasteiger partial charge in [-0.05, 0) is 36.4 Å². The van der Waals surface area contributed by atoms with E-state index in [4.69, 9.17) is 28.9 Å². The largest absolute Gasteiger partial charge is 0.351 e. The van der Waals surface area contributed by atoms with Crippen molar-refractivity contribution in [3.63, 3.8) is 0 Å². The van der Waals surface area contributed by atoms with Crippen LogP contribution in [0.2, 0.25) is 10.0 Å². The molecular weight excluding hydrogens is 379 g/mol. The average molecular weight is 395 g/mol. The number of nitrogens with one attached hydrogen (secondary N) is 2. The Morgan fingerprint density at radius 3 is 2.35 bits per heavy atom. The standard InChI is InChI=1S/C17H16Cl2N4O3/c1-23(9-15(24)21-12-5-6-13(18)14(19)8-12)16(25)10-3-2-4-11(7-10)22-17(20)26/h2-8H,9H2,1H3,(H,21,24)(H3,20,22,26). The molecule has 0 aliphatic rings. The van der Waals surface area contributed by atoms with Crippen molar-refractivity contribution in [1.29, 1.82) is 0 Å². The van der Waals surface area contributed by atoms with Crippen LogP contribution >= 0.6 is 23.2 Å². The van der Waals surface area contributed by atoms with E-state index in [9.17, 15) is 14.4 Å². The summed E-state index contributed by atoms with van der Waals surface area (Å²) in [7, 11) is 1.49. The Morgan fingerprint density at radius 2 is 1.69 bits per heavy atom. The summed E-state index contributed by atoms with van der Waals surface area (Å²) in [4.78, 5) is 36.7. The van der Waals surface area contributed by atoms with Gasteiger partial charge < -0.3 is 21.3 Å². The number of primary amides is 1. The fourth-order valence-electron chi connectivity index (χ4n) is 2.15. The van der Waals surface area contributed by atoms with Gasteiger partial charge in [0.05, 0.1) is 16.6 Å². The van der Waals surface area contributed by atoms with Gasteiger partial charge in [-0.1, -0.05) is 29.3 Å².